The summed E-state index contributed by atoms with van der Waals surface area (Å²) >= 11 is 0. The van der Waals surface area contributed by atoms with Gasteiger partial charge < -0.3 is 24.4 Å². The molecule has 1 unspecified atom stereocenters. The molecule has 1 N–H and O–H groups in total. The average molecular weight is 467 g/mol. The molecule has 7 heteroatoms. The molecule has 1 heterocycles. The van der Waals surface area contributed by atoms with Gasteiger partial charge in [-0.15, -0.1) is 0 Å². The summed E-state index contributed by atoms with van der Waals surface area (Å²) in [6.45, 7) is 9.39. The number of rotatable bonds is 9. The zero-order chi connectivity index (χ0) is 25.0. The predicted molar refractivity (Wildman–Crippen MR) is 132 cm³/mol. The van der Waals surface area contributed by atoms with Crippen LogP contribution in [-0.2, 0) is 9.59 Å². The minimum atomic E-state index is -0.741. The van der Waals surface area contributed by atoms with Crippen molar-refractivity contribution in [2.24, 2.45) is 0 Å². The van der Waals surface area contributed by atoms with Gasteiger partial charge in [0.25, 0.3) is 11.7 Å². The highest BCUT2D eigenvalue weighted by molar-refractivity contribution is 6.46. The molecule has 2 aromatic rings. The van der Waals surface area contributed by atoms with Crippen LogP contribution in [0, 0.1) is 13.8 Å². The smallest absolute Gasteiger partial charge is 0.295 e. The number of likely N-dealkylation sites (tertiary alicyclic amines) is 1. The highest BCUT2D eigenvalue weighted by Gasteiger charge is 2.46. The summed E-state index contributed by atoms with van der Waals surface area (Å²) in [4.78, 5) is 29.9. The minimum Gasteiger partial charge on any atom is -0.507 e. The molecular weight excluding hydrogens is 432 g/mol. The second kappa shape index (κ2) is 10.7. The molecule has 1 saturated heterocycles. The van der Waals surface area contributed by atoms with Crippen LogP contribution in [0.15, 0.2) is 42.0 Å². The SMILES string of the molecule is CCOc1ccc(C2/C(=C(\O)c3cc(C)ccc3C)C(=O)C(=O)N2CCN(C)C)cc1OCC. The first-order valence-electron chi connectivity index (χ1n) is 11.6. The fraction of sp³-hybridized carbons (Fsp3) is 0.407. The van der Waals surface area contributed by atoms with E-state index in [-0.39, 0.29) is 11.3 Å². The van der Waals surface area contributed by atoms with E-state index in [0.29, 0.717) is 48.9 Å². The van der Waals surface area contributed by atoms with E-state index in [1.54, 1.807) is 12.1 Å². The topological polar surface area (TPSA) is 79.3 Å². The molecule has 0 saturated carbocycles. The van der Waals surface area contributed by atoms with Crippen molar-refractivity contribution in [2.75, 3.05) is 40.4 Å². The third-order valence-electron chi connectivity index (χ3n) is 5.86. The number of benzene rings is 2. The highest BCUT2D eigenvalue weighted by atomic mass is 16.5. The van der Waals surface area contributed by atoms with Crippen LogP contribution in [0.4, 0.5) is 0 Å². The quantitative estimate of drug-likeness (QED) is 0.341. The number of aliphatic hydroxyl groups is 1. The van der Waals surface area contributed by atoms with E-state index in [1.165, 1.54) is 4.90 Å². The van der Waals surface area contributed by atoms with Gasteiger partial charge in [0.2, 0.25) is 0 Å². The van der Waals surface area contributed by atoms with Crippen LogP contribution >= 0.6 is 0 Å². The molecular formula is C27H34N2O5. The van der Waals surface area contributed by atoms with Crippen molar-refractivity contribution in [2.45, 2.75) is 33.7 Å². The van der Waals surface area contributed by atoms with Crippen LogP contribution in [-0.4, -0.2) is 67.0 Å². The Hall–Kier alpha value is -3.32. The Bertz CT molecular complexity index is 1110. The number of aliphatic hydroxyl groups excluding tert-OH is 1. The first-order chi connectivity index (χ1) is 16.2. The van der Waals surface area contributed by atoms with Crippen LogP contribution in [0.25, 0.3) is 5.76 Å². The maximum Gasteiger partial charge on any atom is 0.295 e. The fourth-order valence-corrected chi connectivity index (χ4v) is 4.14. The van der Waals surface area contributed by atoms with Gasteiger partial charge in [-0.2, -0.15) is 0 Å². The summed E-state index contributed by atoms with van der Waals surface area (Å²) < 4.78 is 11.5. The van der Waals surface area contributed by atoms with Crippen LogP contribution < -0.4 is 9.47 Å². The maximum absolute atomic E-state index is 13.3. The molecule has 1 aliphatic rings. The Morgan fingerprint density at radius 2 is 1.68 bits per heavy atom. The number of amides is 1. The number of aryl methyl sites for hydroxylation is 2. The molecule has 0 spiro atoms. The zero-order valence-corrected chi connectivity index (χ0v) is 20.8. The fourth-order valence-electron chi connectivity index (χ4n) is 4.14. The summed E-state index contributed by atoms with van der Waals surface area (Å²) in [6, 6.07) is 10.3. The van der Waals surface area contributed by atoms with Crippen LogP contribution in [0.3, 0.4) is 0 Å². The van der Waals surface area contributed by atoms with Crippen molar-refractivity contribution in [3.63, 3.8) is 0 Å². The molecule has 2 aromatic carbocycles. The van der Waals surface area contributed by atoms with Gasteiger partial charge in [0.05, 0.1) is 24.8 Å². The summed E-state index contributed by atoms with van der Waals surface area (Å²) in [7, 11) is 3.82. The van der Waals surface area contributed by atoms with Crippen molar-refractivity contribution in [3.8, 4) is 11.5 Å². The summed E-state index contributed by atoms with van der Waals surface area (Å²) in [5, 5.41) is 11.4. The number of carbonyl (C=O) groups excluding carboxylic acids is 2. The first kappa shape index (κ1) is 25.3. The van der Waals surface area contributed by atoms with Gasteiger partial charge in [0, 0.05) is 18.7 Å². The Balaban J connectivity index is 2.22. The zero-order valence-electron chi connectivity index (χ0n) is 20.8. The first-order valence-corrected chi connectivity index (χ1v) is 11.6. The molecule has 1 amide bonds. The molecule has 1 aliphatic heterocycles. The molecule has 3 rings (SSSR count). The number of likely N-dealkylation sites (N-methyl/N-ethyl adjacent to an activating group) is 1. The van der Waals surface area contributed by atoms with Crippen molar-refractivity contribution in [1.82, 2.24) is 9.80 Å². The minimum absolute atomic E-state index is 0.0871. The van der Waals surface area contributed by atoms with E-state index >= 15 is 0 Å². The van der Waals surface area contributed by atoms with Gasteiger partial charge in [-0.25, -0.2) is 0 Å². The van der Waals surface area contributed by atoms with E-state index in [2.05, 4.69) is 0 Å². The van der Waals surface area contributed by atoms with E-state index in [9.17, 15) is 14.7 Å². The number of carbonyl (C=O) groups is 2. The molecule has 182 valence electrons. The second-order valence-corrected chi connectivity index (χ2v) is 8.69. The molecule has 1 fully saturated rings. The predicted octanol–water partition coefficient (Wildman–Crippen LogP) is 4.08. The Labute approximate surface area is 201 Å². The van der Waals surface area contributed by atoms with E-state index in [1.807, 2.05) is 71.0 Å². The summed E-state index contributed by atoms with van der Waals surface area (Å²) in [6.07, 6.45) is 0. The molecule has 0 bridgehead atoms. The number of hydrogen-bond acceptors (Lipinski definition) is 6. The lowest BCUT2D eigenvalue weighted by molar-refractivity contribution is -0.140. The van der Waals surface area contributed by atoms with E-state index < -0.39 is 17.7 Å². The van der Waals surface area contributed by atoms with Crippen LogP contribution in [0.1, 0.15) is 42.1 Å². The number of hydrogen-bond donors (Lipinski definition) is 1. The number of nitrogens with zero attached hydrogens (tertiary/aromatic N) is 2. The molecule has 7 nitrogen and oxygen atoms in total. The maximum atomic E-state index is 13.3. The van der Waals surface area contributed by atoms with E-state index in [4.69, 9.17) is 9.47 Å². The number of Topliss-reactive ketones (excluding diaryl/α,β-unsaturated/α-hetero) is 1. The lowest BCUT2D eigenvalue weighted by atomic mass is 9.93. The standard InChI is InChI=1S/C27H34N2O5/c1-7-33-21-12-11-19(16-22(21)34-8-2)24-23(25(30)20-15-17(3)9-10-18(20)4)26(31)27(32)29(24)14-13-28(5)6/h9-12,15-16,24,30H,7-8,13-14H2,1-6H3/b25-23+. The van der Waals surface area contributed by atoms with Gasteiger partial charge in [-0.1, -0.05) is 23.8 Å². The van der Waals surface area contributed by atoms with Crippen molar-refractivity contribution in [3.05, 3.63) is 64.2 Å². The Kier molecular flexibility index (Phi) is 7.99. The van der Waals surface area contributed by atoms with Gasteiger partial charge in [-0.3, -0.25) is 9.59 Å². The van der Waals surface area contributed by atoms with E-state index in [0.717, 1.165) is 11.1 Å². The Morgan fingerprint density at radius 1 is 1.00 bits per heavy atom. The van der Waals surface area contributed by atoms with Gasteiger partial charge in [-0.05, 0) is 71.1 Å². The van der Waals surface area contributed by atoms with Crippen LogP contribution in [0.2, 0.25) is 0 Å². The number of ketones is 1. The number of ether oxygens (including phenoxy) is 2. The second-order valence-electron chi connectivity index (χ2n) is 8.69. The molecule has 0 radical (unpaired) electrons. The summed E-state index contributed by atoms with van der Waals surface area (Å²) in [5.41, 5.74) is 3.08. The van der Waals surface area contributed by atoms with Crippen molar-refractivity contribution in [1.29, 1.82) is 0 Å². The highest BCUT2D eigenvalue weighted by Crippen LogP contribution is 2.42. The Morgan fingerprint density at radius 3 is 2.32 bits per heavy atom. The van der Waals surface area contributed by atoms with Crippen molar-refractivity contribution >= 4 is 17.4 Å². The molecule has 1 atom stereocenters. The lowest BCUT2D eigenvalue weighted by Gasteiger charge is -2.27. The van der Waals surface area contributed by atoms with Gasteiger partial charge in [0.15, 0.2) is 11.5 Å². The largest absolute Gasteiger partial charge is 0.507 e. The summed E-state index contributed by atoms with van der Waals surface area (Å²) in [5.74, 6) is -0.344. The average Bonchev–Trinajstić information content (AvgIpc) is 3.05. The normalized spacial score (nSPS) is 17.5. The lowest BCUT2D eigenvalue weighted by Crippen LogP contribution is -2.35. The molecule has 0 aromatic heterocycles. The third kappa shape index (κ3) is 5.09. The van der Waals surface area contributed by atoms with Crippen molar-refractivity contribution < 1.29 is 24.2 Å². The monoisotopic (exact) mass is 466 g/mol. The van der Waals surface area contributed by atoms with Gasteiger partial charge in [0.1, 0.15) is 5.76 Å². The van der Waals surface area contributed by atoms with Gasteiger partial charge >= 0.3 is 0 Å². The third-order valence-corrected chi connectivity index (χ3v) is 5.86. The van der Waals surface area contributed by atoms with Crippen LogP contribution in [0.5, 0.6) is 11.5 Å². The molecule has 34 heavy (non-hydrogen) atoms. The molecule has 0 aliphatic carbocycles.